The largest absolute Gasteiger partial charge is 0.467 e. The van der Waals surface area contributed by atoms with Crippen LogP contribution in [-0.2, 0) is 4.79 Å². The molecule has 1 aromatic carbocycles. The monoisotopic (exact) mass is 360 g/mol. The Labute approximate surface area is 147 Å². The van der Waals surface area contributed by atoms with E-state index in [0.717, 1.165) is 11.3 Å². The van der Waals surface area contributed by atoms with E-state index >= 15 is 0 Å². The lowest BCUT2D eigenvalue weighted by Gasteiger charge is -2.08. The van der Waals surface area contributed by atoms with Gasteiger partial charge < -0.3 is 4.74 Å². The number of carbonyl (C=O) groups excluding carboxylic acids is 1. The molecule has 0 aliphatic heterocycles. The molecule has 3 aromatic rings. The summed E-state index contributed by atoms with van der Waals surface area (Å²) in [5.74, 6) is 0.519. The number of nitrogens with zero attached hydrogens (tertiary/aromatic N) is 3. The van der Waals surface area contributed by atoms with E-state index in [1.165, 1.54) is 11.3 Å². The van der Waals surface area contributed by atoms with Crippen molar-refractivity contribution in [2.75, 3.05) is 11.9 Å². The number of anilines is 1. The van der Waals surface area contributed by atoms with Gasteiger partial charge in [-0.15, -0.1) is 11.3 Å². The predicted molar refractivity (Wildman–Crippen MR) is 93.5 cm³/mol. The maximum atomic E-state index is 11.8. The van der Waals surface area contributed by atoms with Crippen LogP contribution in [0.1, 0.15) is 5.69 Å². The number of hydrogen-bond acceptors (Lipinski definition) is 6. The normalized spacial score (nSPS) is 10.4. The van der Waals surface area contributed by atoms with Crippen molar-refractivity contribution >= 4 is 34.0 Å². The van der Waals surface area contributed by atoms with E-state index in [1.807, 2.05) is 19.1 Å². The molecule has 0 saturated heterocycles. The van der Waals surface area contributed by atoms with Crippen molar-refractivity contribution in [2.24, 2.45) is 0 Å². The fourth-order valence-corrected chi connectivity index (χ4v) is 2.69. The minimum absolute atomic E-state index is 0.162. The minimum atomic E-state index is -0.300. The average molecular weight is 361 g/mol. The van der Waals surface area contributed by atoms with Gasteiger partial charge >= 0.3 is 0 Å². The van der Waals surface area contributed by atoms with Gasteiger partial charge in [-0.05, 0) is 19.1 Å². The molecule has 24 heavy (non-hydrogen) atoms. The number of aryl methyl sites for hydroxylation is 1. The molecule has 2 aromatic heterocycles. The van der Waals surface area contributed by atoms with E-state index in [9.17, 15) is 4.79 Å². The molecule has 0 spiro atoms. The number of aromatic nitrogens is 3. The van der Waals surface area contributed by atoms with Crippen LogP contribution >= 0.6 is 22.9 Å². The lowest BCUT2D eigenvalue weighted by atomic mass is 10.2. The highest BCUT2D eigenvalue weighted by molar-refractivity contribution is 7.13. The smallest absolute Gasteiger partial charge is 0.264 e. The van der Waals surface area contributed by atoms with Gasteiger partial charge in [0.25, 0.3) is 5.91 Å². The van der Waals surface area contributed by atoms with Crippen LogP contribution in [-0.4, -0.2) is 27.5 Å². The van der Waals surface area contributed by atoms with Gasteiger partial charge in [-0.1, -0.05) is 23.7 Å². The van der Waals surface area contributed by atoms with E-state index in [1.54, 1.807) is 29.8 Å². The molecule has 0 saturated carbocycles. The minimum Gasteiger partial charge on any atom is -0.467 e. The second-order valence-electron chi connectivity index (χ2n) is 4.86. The van der Waals surface area contributed by atoms with E-state index < -0.39 is 0 Å². The summed E-state index contributed by atoms with van der Waals surface area (Å²) >= 11 is 7.34. The zero-order valence-electron chi connectivity index (χ0n) is 12.7. The number of rotatable bonds is 5. The van der Waals surface area contributed by atoms with Crippen LogP contribution in [0.15, 0.2) is 41.9 Å². The molecule has 0 aliphatic rings. The van der Waals surface area contributed by atoms with Crippen LogP contribution in [0.2, 0.25) is 5.02 Å². The second-order valence-corrected chi connectivity index (χ2v) is 6.19. The molecule has 8 heteroatoms. The summed E-state index contributed by atoms with van der Waals surface area (Å²) in [4.78, 5) is 24.5. The summed E-state index contributed by atoms with van der Waals surface area (Å²) in [6.45, 7) is 1.67. The fourth-order valence-electron chi connectivity index (χ4n) is 1.95. The quantitative estimate of drug-likeness (QED) is 0.752. The highest BCUT2D eigenvalue weighted by Crippen LogP contribution is 2.22. The Morgan fingerprint density at radius 1 is 1.33 bits per heavy atom. The van der Waals surface area contributed by atoms with Crippen molar-refractivity contribution in [3.8, 4) is 17.3 Å². The summed E-state index contributed by atoms with van der Waals surface area (Å²) in [6, 6.07) is 8.91. The molecule has 0 aliphatic carbocycles. The summed E-state index contributed by atoms with van der Waals surface area (Å²) in [5.41, 5.74) is 1.51. The zero-order valence-corrected chi connectivity index (χ0v) is 14.3. The van der Waals surface area contributed by atoms with Crippen molar-refractivity contribution < 1.29 is 9.53 Å². The number of thiazole rings is 1. The molecule has 0 radical (unpaired) electrons. The van der Waals surface area contributed by atoms with Crippen molar-refractivity contribution in [1.29, 1.82) is 0 Å². The Hall–Kier alpha value is -2.51. The van der Waals surface area contributed by atoms with Crippen molar-refractivity contribution in [3.63, 3.8) is 0 Å². The number of nitrogens with one attached hydrogen (secondary N) is 1. The van der Waals surface area contributed by atoms with Crippen LogP contribution in [0, 0.1) is 6.92 Å². The van der Waals surface area contributed by atoms with Crippen LogP contribution in [0.3, 0.4) is 0 Å². The van der Waals surface area contributed by atoms with E-state index in [4.69, 9.17) is 16.3 Å². The molecule has 0 atom stereocenters. The summed E-state index contributed by atoms with van der Waals surface area (Å²) in [7, 11) is 0. The third-order valence-corrected chi connectivity index (χ3v) is 3.87. The maximum Gasteiger partial charge on any atom is 0.264 e. The van der Waals surface area contributed by atoms with Gasteiger partial charge in [-0.25, -0.2) is 9.97 Å². The third kappa shape index (κ3) is 4.27. The molecule has 1 N–H and O–H groups in total. The Balaban J connectivity index is 1.71. The number of halogens is 1. The molecule has 3 rings (SSSR count). The van der Waals surface area contributed by atoms with Gasteiger partial charge in [0.05, 0.1) is 0 Å². The Bertz CT molecular complexity index is 855. The molecule has 0 fully saturated rings. The van der Waals surface area contributed by atoms with Gasteiger partial charge in [0, 0.05) is 33.9 Å². The first kappa shape index (κ1) is 16.4. The molecule has 1 amide bonds. The first-order chi connectivity index (χ1) is 11.6. The molecular weight excluding hydrogens is 348 g/mol. The summed E-state index contributed by atoms with van der Waals surface area (Å²) in [6.07, 6.45) is 1.62. The van der Waals surface area contributed by atoms with Gasteiger partial charge in [-0.3, -0.25) is 10.1 Å². The Morgan fingerprint density at radius 3 is 2.96 bits per heavy atom. The fraction of sp³-hybridized carbons (Fsp3) is 0.125. The van der Waals surface area contributed by atoms with Gasteiger partial charge in [0.15, 0.2) is 17.6 Å². The van der Waals surface area contributed by atoms with Gasteiger partial charge in [0.2, 0.25) is 5.88 Å². The zero-order chi connectivity index (χ0) is 16.9. The Kier molecular flexibility index (Phi) is 5.02. The number of amides is 1. The van der Waals surface area contributed by atoms with Crippen LogP contribution in [0.25, 0.3) is 11.4 Å². The standard InChI is InChI=1S/C16H13ClN4O2S/c1-10-7-14(23-9-13(22)20-16-18-5-6-24-16)21-15(19-10)11-3-2-4-12(17)8-11/h2-8H,9H2,1H3,(H,18,20,22). The first-order valence-electron chi connectivity index (χ1n) is 7.04. The van der Waals surface area contributed by atoms with E-state index in [0.29, 0.717) is 21.9 Å². The second kappa shape index (κ2) is 7.37. The van der Waals surface area contributed by atoms with E-state index in [2.05, 4.69) is 20.3 Å². The van der Waals surface area contributed by atoms with Crippen LogP contribution in [0.5, 0.6) is 5.88 Å². The summed E-state index contributed by atoms with van der Waals surface area (Å²) in [5, 5.41) is 5.55. The molecular formula is C16H13ClN4O2S. The predicted octanol–water partition coefficient (Wildman–Crippen LogP) is 3.58. The van der Waals surface area contributed by atoms with Gasteiger partial charge in [-0.2, -0.15) is 4.98 Å². The topological polar surface area (TPSA) is 77.0 Å². The maximum absolute atomic E-state index is 11.8. The SMILES string of the molecule is Cc1cc(OCC(=O)Nc2nccs2)nc(-c2cccc(Cl)c2)n1. The molecule has 2 heterocycles. The average Bonchev–Trinajstić information content (AvgIpc) is 3.05. The lowest BCUT2D eigenvalue weighted by molar-refractivity contribution is -0.118. The van der Waals surface area contributed by atoms with Crippen molar-refractivity contribution in [1.82, 2.24) is 15.0 Å². The van der Waals surface area contributed by atoms with Gasteiger partial charge in [0.1, 0.15) is 0 Å². The Morgan fingerprint density at radius 2 is 2.21 bits per heavy atom. The number of ether oxygens (including phenoxy) is 1. The van der Waals surface area contributed by atoms with Crippen molar-refractivity contribution in [2.45, 2.75) is 6.92 Å². The molecule has 122 valence electrons. The molecule has 0 bridgehead atoms. The highest BCUT2D eigenvalue weighted by Gasteiger charge is 2.09. The molecule has 6 nitrogen and oxygen atoms in total. The highest BCUT2D eigenvalue weighted by atomic mass is 35.5. The van der Waals surface area contributed by atoms with Crippen LogP contribution in [0.4, 0.5) is 5.13 Å². The van der Waals surface area contributed by atoms with Crippen LogP contribution < -0.4 is 10.1 Å². The number of benzene rings is 1. The lowest BCUT2D eigenvalue weighted by Crippen LogP contribution is -2.20. The molecule has 0 unspecified atom stereocenters. The number of carbonyl (C=O) groups is 1. The van der Waals surface area contributed by atoms with E-state index in [-0.39, 0.29) is 12.5 Å². The summed E-state index contributed by atoms with van der Waals surface area (Å²) < 4.78 is 5.47. The third-order valence-electron chi connectivity index (χ3n) is 2.94. The first-order valence-corrected chi connectivity index (χ1v) is 8.30. The van der Waals surface area contributed by atoms with Crippen molar-refractivity contribution in [3.05, 3.63) is 52.6 Å². The number of hydrogen-bond donors (Lipinski definition) is 1.